The van der Waals surface area contributed by atoms with Gasteiger partial charge in [-0.05, 0) is 68.1 Å². The molecule has 0 heterocycles. The van der Waals surface area contributed by atoms with E-state index in [0.29, 0.717) is 23.0 Å². The van der Waals surface area contributed by atoms with E-state index in [9.17, 15) is 9.90 Å². The maximum Gasteiger partial charge on any atom is 0.139 e. The van der Waals surface area contributed by atoms with E-state index in [0.717, 1.165) is 50.9 Å². The van der Waals surface area contributed by atoms with Gasteiger partial charge in [-0.2, -0.15) is 0 Å². The molecule has 2 nitrogen and oxygen atoms in total. The van der Waals surface area contributed by atoms with Gasteiger partial charge in [-0.1, -0.05) is 25.5 Å². The summed E-state index contributed by atoms with van der Waals surface area (Å²) in [5, 5.41) is 10.00. The van der Waals surface area contributed by atoms with Crippen LogP contribution in [0.5, 0.6) is 0 Å². The van der Waals surface area contributed by atoms with E-state index in [1.54, 1.807) is 0 Å². The molecule has 0 radical (unpaired) electrons. The topological polar surface area (TPSA) is 37.3 Å². The standard InChI is InChI=1S/C19H28O2/c1-18-9-7-13(20)11-12(18)3-4-14-15-5-6-17(21)19(15,2)10-8-16(14)18/h3,13-16,20H,4-11H2,1-2H3/t13-,14-,15-,16-,18-,19+/m0/s1. The Bertz CT molecular complexity index is 508. The Balaban J connectivity index is 1.69. The van der Waals surface area contributed by atoms with Gasteiger partial charge in [0.05, 0.1) is 6.10 Å². The fraction of sp³-hybridized carbons (Fsp3) is 0.842. The fourth-order valence-corrected chi connectivity index (χ4v) is 6.41. The number of hydrogen-bond donors (Lipinski definition) is 1. The SMILES string of the molecule is C[C@@]12CC[C@H]3[C@@H](CC=C4C[C@@H](O)CC[C@@]43C)[C@@H]1CCC2=O. The van der Waals surface area contributed by atoms with Crippen molar-refractivity contribution in [2.24, 2.45) is 28.6 Å². The van der Waals surface area contributed by atoms with Crippen LogP contribution in [-0.4, -0.2) is 17.0 Å². The van der Waals surface area contributed by atoms with Crippen LogP contribution in [0.3, 0.4) is 0 Å². The van der Waals surface area contributed by atoms with Crippen LogP contribution in [0.1, 0.15) is 65.2 Å². The van der Waals surface area contributed by atoms with Crippen LogP contribution >= 0.6 is 0 Å². The molecule has 0 aromatic rings. The maximum absolute atomic E-state index is 12.4. The Morgan fingerprint density at radius 2 is 1.81 bits per heavy atom. The Labute approximate surface area is 128 Å². The van der Waals surface area contributed by atoms with Gasteiger partial charge in [0.1, 0.15) is 5.78 Å². The maximum atomic E-state index is 12.4. The highest BCUT2D eigenvalue weighted by Crippen LogP contribution is 2.63. The van der Waals surface area contributed by atoms with Crippen molar-refractivity contribution in [1.29, 1.82) is 0 Å². The van der Waals surface area contributed by atoms with E-state index in [1.807, 2.05) is 0 Å². The van der Waals surface area contributed by atoms with Crippen molar-refractivity contribution in [2.75, 3.05) is 0 Å². The lowest BCUT2D eigenvalue weighted by molar-refractivity contribution is -0.132. The van der Waals surface area contributed by atoms with E-state index < -0.39 is 0 Å². The third-order valence-corrected chi connectivity index (χ3v) is 7.79. The van der Waals surface area contributed by atoms with Crippen LogP contribution in [-0.2, 0) is 4.79 Å². The lowest BCUT2D eigenvalue weighted by atomic mass is 9.48. The van der Waals surface area contributed by atoms with Crippen LogP contribution in [0, 0.1) is 28.6 Å². The molecule has 116 valence electrons. The lowest BCUT2D eigenvalue weighted by Crippen LogP contribution is -2.50. The number of allylic oxidation sites excluding steroid dienone is 1. The smallest absolute Gasteiger partial charge is 0.139 e. The molecule has 4 aliphatic carbocycles. The van der Waals surface area contributed by atoms with Crippen LogP contribution in [0.25, 0.3) is 0 Å². The second kappa shape index (κ2) is 4.44. The quantitative estimate of drug-likeness (QED) is 0.687. The minimum absolute atomic E-state index is 0.0168. The lowest BCUT2D eigenvalue weighted by Gasteiger charge is -2.56. The molecule has 3 saturated carbocycles. The Morgan fingerprint density at radius 1 is 1.10 bits per heavy atom. The van der Waals surface area contributed by atoms with Gasteiger partial charge in [-0.15, -0.1) is 0 Å². The molecule has 0 bridgehead atoms. The number of aliphatic hydroxyl groups is 1. The summed E-state index contributed by atoms with van der Waals surface area (Å²) in [4.78, 5) is 12.4. The summed E-state index contributed by atoms with van der Waals surface area (Å²) in [6.07, 6.45) is 10.7. The number of carbonyl (C=O) groups is 1. The average Bonchev–Trinajstić information content (AvgIpc) is 2.76. The highest BCUT2D eigenvalue weighted by molar-refractivity contribution is 5.87. The van der Waals surface area contributed by atoms with Crippen LogP contribution in [0.2, 0.25) is 0 Å². The Morgan fingerprint density at radius 3 is 2.62 bits per heavy atom. The van der Waals surface area contributed by atoms with E-state index in [-0.39, 0.29) is 11.5 Å². The first-order valence-corrected chi connectivity index (χ1v) is 8.86. The second-order valence-electron chi connectivity index (χ2n) is 8.57. The molecule has 6 atom stereocenters. The predicted molar refractivity (Wildman–Crippen MR) is 82.7 cm³/mol. The highest BCUT2D eigenvalue weighted by atomic mass is 16.3. The van der Waals surface area contributed by atoms with Crippen molar-refractivity contribution in [3.05, 3.63) is 11.6 Å². The van der Waals surface area contributed by atoms with Crippen molar-refractivity contribution in [3.8, 4) is 0 Å². The number of hydrogen-bond acceptors (Lipinski definition) is 2. The molecule has 4 aliphatic rings. The van der Waals surface area contributed by atoms with E-state index in [2.05, 4.69) is 19.9 Å². The van der Waals surface area contributed by atoms with Gasteiger partial charge >= 0.3 is 0 Å². The summed E-state index contributed by atoms with van der Waals surface area (Å²) in [5.41, 5.74) is 1.81. The molecular weight excluding hydrogens is 260 g/mol. The number of Topliss-reactive ketones (excluding diaryl/α,β-unsaturated/α-hetero) is 1. The first kappa shape index (κ1) is 14.0. The van der Waals surface area contributed by atoms with Crippen molar-refractivity contribution >= 4 is 5.78 Å². The predicted octanol–water partition coefficient (Wildman–Crippen LogP) is 3.88. The van der Waals surface area contributed by atoms with Gasteiger partial charge in [0.25, 0.3) is 0 Å². The van der Waals surface area contributed by atoms with Gasteiger partial charge in [0, 0.05) is 11.8 Å². The Kier molecular flexibility index (Phi) is 2.96. The minimum atomic E-state index is -0.122. The molecule has 0 saturated heterocycles. The van der Waals surface area contributed by atoms with E-state index in [4.69, 9.17) is 0 Å². The summed E-state index contributed by atoms with van der Waals surface area (Å²) < 4.78 is 0. The van der Waals surface area contributed by atoms with Crippen molar-refractivity contribution in [2.45, 2.75) is 71.3 Å². The summed E-state index contributed by atoms with van der Waals surface area (Å²) in [6, 6.07) is 0. The summed E-state index contributed by atoms with van der Waals surface area (Å²) in [6.45, 7) is 4.69. The molecule has 0 amide bonds. The van der Waals surface area contributed by atoms with Crippen molar-refractivity contribution < 1.29 is 9.90 Å². The number of ketones is 1. The third-order valence-electron chi connectivity index (χ3n) is 7.79. The van der Waals surface area contributed by atoms with Crippen molar-refractivity contribution in [3.63, 3.8) is 0 Å². The van der Waals surface area contributed by atoms with E-state index in [1.165, 1.54) is 12.0 Å². The zero-order valence-electron chi connectivity index (χ0n) is 13.4. The second-order valence-corrected chi connectivity index (χ2v) is 8.57. The fourth-order valence-electron chi connectivity index (χ4n) is 6.41. The number of fused-ring (bicyclic) bond motifs is 5. The van der Waals surface area contributed by atoms with E-state index >= 15 is 0 Å². The zero-order valence-corrected chi connectivity index (χ0v) is 13.4. The average molecular weight is 288 g/mol. The van der Waals surface area contributed by atoms with Crippen LogP contribution in [0.15, 0.2) is 11.6 Å². The van der Waals surface area contributed by atoms with Gasteiger partial charge in [0.15, 0.2) is 0 Å². The third kappa shape index (κ3) is 1.78. The van der Waals surface area contributed by atoms with Crippen molar-refractivity contribution in [1.82, 2.24) is 0 Å². The van der Waals surface area contributed by atoms with Gasteiger partial charge in [-0.3, -0.25) is 4.79 Å². The number of aliphatic hydroxyl groups excluding tert-OH is 1. The normalized spacial score (nSPS) is 52.7. The molecule has 2 heteroatoms. The van der Waals surface area contributed by atoms with Crippen LogP contribution in [0.4, 0.5) is 0 Å². The molecule has 0 unspecified atom stereocenters. The van der Waals surface area contributed by atoms with Gasteiger partial charge in [0.2, 0.25) is 0 Å². The monoisotopic (exact) mass is 288 g/mol. The van der Waals surface area contributed by atoms with Gasteiger partial charge < -0.3 is 5.11 Å². The molecule has 0 spiro atoms. The van der Waals surface area contributed by atoms with Gasteiger partial charge in [-0.25, -0.2) is 0 Å². The zero-order chi connectivity index (χ0) is 14.8. The summed E-state index contributed by atoms with van der Waals surface area (Å²) >= 11 is 0. The molecule has 3 fully saturated rings. The molecule has 0 aliphatic heterocycles. The molecule has 0 aromatic carbocycles. The molecule has 4 rings (SSSR count). The molecule has 0 aromatic heterocycles. The molecule has 21 heavy (non-hydrogen) atoms. The minimum Gasteiger partial charge on any atom is -0.393 e. The largest absolute Gasteiger partial charge is 0.393 e. The molecule has 1 N–H and O–H groups in total. The first-order valence-electron chi connectivity index (χ1n) is 8.86. The Hall–Kier alpha value is -0.630. The summed E-state index contributed by atoms with van der Waals surface area (Å²) in [7, 11) is 0. The summed E-state index contributed by atoms with van der Waals surface area (Å²) in [5.74, 6) is 2.60. The van der Waals surface area contributed by atoms with Crippen LogP contribution < -0.4 is 0 Å². The number of rotatable bonds is 0. The number of carbonyl (C=O) groups excluding carboxylic acids is 1. The molecular formula is C19H28O2. The first-order chi connectivity index (χ1) is 9.95. The highest BCUT2D eigenvalue weighted by Gasteiger charge is 2.58.